The van der Waals surface area contributed by atoms with Gasteiger partial charge in [0.05, 0.1) is 16.0 Å². The van der Waals surface area contributed by atoms with Crippen molar-refractivity contribution >= 4 is 22.1 Å². The Bertz CT molecular complexity index is 949. The summed E-state index contributed by atoms with van der Waals surface area (Å²) in [5.41, 5.74) is -0.400. The van der Waals surface area contributed by atoms with Gasteiger partial charge in [-0.2, -0.15) is 8.42 Å². The van der Waals surface area contributed by atoms with Gasteiger partial charge < -0.3 is 9.47 Å². The van der Waals surface area contributed by atoms with E-state index in [1.165, 1.54) is 38.5 Å². The summed E-state index contributed by atoms with van der Waals surface area (Å²) in [5, 5.41) is 0. The quantitative estimate of drug-likeness (QED) is 0.0895. The van der Waals surface area contributed by atoms with Gasteiger partial charge in [0, 0.05) is 0 Å². The Kier molecular flexibility index (Phi) is 16.5. The van der Waals surface area contributed by atoms with Crippen molar-refractivity contribution in [1.82, 2.24) is 0 Å². The second kappa shape index (κ2) is 18.8. The van der Waals surface area contributed by atoms with Crippen molar-refractivity contribution in [2.45, 2.75) is 95.8 Å². The topological polar surface area (TPSA) is 107 Å². The molecular formula is C28H42O7S. The van der Waals surface area contributed by atoms with Gasteiger partial charge in [-0.1, -0.05) is 89.5 Å². The second-order valence-corrected chi connectivity index (χ2v) is 10.1. The molecule has 1 aromatic rings. The molecule has 0 spiro atoms. The van der Waals surface area contributed by atoms with Gasteiger partial charge in [0.25, 0.3) is 10.1 Å². The zero-order valence-corrected chi connectivity index (χ0v) is 22.6. The van der Waals surface area contributed by atoms with Crippen molar-refractivity contribution in [2.75, 3.05) is 13.2 Å². The van der Waals surface area contributed by atoms with Crippen LogP contribution in [0.15, 0.2) is 47.4 Å². The minimum atomic E-state index is -4.56. The van der Waals surface area contributed by atoms with Gasteiger partial charge in [-0.15, -0.1) is 0 Å². The number of ether oxygens (including phenoxy) is 2. The molecule has 1 rings (SSSR count). The SMILES string of the molecule is CCCCCCC/C=C/COC(=O)c1ccc(S(=O)(=O)O)cc1C(=O)OC/C=C/CCCCCCC. The van der Waals surface area contributed by atoms with Crippen LogP contribution in [-0.4, -0.2) is 38.1 Å². The van der Waals surface area contributed by atoms with E-state index in [-0.39, 0.29) is 24.3 Å². The third-order valence-corrected chi connectivity index (χ3v) is 6.48. The predicted octanol–water partition coefficient (Wildman–Crippen LogP) is 7.08. The first kappa shape index (κ1) is 31.6. The Balaban J connectivity index is 2.68. The highest BCUT2D eigenvalue weighted by atomic mass is 32.2. The Morgan fingerprint density at radius 3 is 1.67 bits per heavy atom. The van der Waals surface area contributed by atoms with Crippen LogP contribution in [0, 0.1) is 0 Å². The lowest BCUT2D eigenvalue weighted by molar-refractivity contribution is 0.0502. The summed E-state index contributed by atoms with van der Waals surface area (Å²) in [7, 11) is -4.56. The van der Waals surface area contributed by atoms with Crippen LogP contribution < -0.4 is 0 Å². The van der Waals surface area contributed by atoms with Gasteiger partial charge in [-0.05, 0) is 43.9 Å². The Morgan fingerprint density at radius 2 is 1.19 bits per heavy atom. The van der Waals surface area contributed by atoms with Crippen LogP contribution >= 0.6 is 0 Å². The van der Waals surface area contributed by atoms with Gasteiger partial charge in [-0.3, -0.25) is 4.55 Å². The van der Waals surface area contributed by atoms with Crippen LogP contribution in [0.25, 0.3) is 0 Å². The summed E-state index contributed by atoms with van der Waals surface area (Å²) in [5.74, 6) is -1.65. The smallest absolute Gasteiger partial charge is 0.339 e. The first-order valence-electron chi connectivity index (χ1n) is 13.1. The first-order chi connectivity index (χ1) is 17.3. The molecule has 1 N–H and O–H groups in total. The van der Waals surface area contributed by atoms with Gasteiger partial charge in [0.1, 0.15) is 13.2 Å². The summed E-state index contributed by atoms with van der Waals surface area (Å²) in [4.78, 5) is 24.7. The average molecular weight is 523 g/mol. The summed E-state index contributed by atoms with van der Waals surface area (Å²) in [6.45, 7) is 4.35. The molecule has 7 nitrogen and oxygen atoms in total. The highest BCUT2D eigenvalue weighted by molar-refractivity contribution is 7.85. The molecule has 0 heterocycles. The average Bonchev–Trinajstić information content (AvgIpc) is 2.85. The fraction of sp³-hybridized carbons (Fsp3) is 0.571. The lowest BCUT2D eigenvalue weighted by Crippen LogP contribution is -2.15. The van der Waals surface area contributed by atoms with E-state index in [0.717, 1.165) is 56.7 Å². The Hall–Kier alpha value is -2.45. The van der Waals surface area contributed by atoms with Gasteiger partial charge >= 0.3 is 11.9 Å². The molecule has 0 radical (unpaired) electrons. The maximum atomic E-state index is 12.6. The molecule has 8 heteroatoms. The Labute approximate surface area is 216 Å². The largest absolute Gasteiger partial charge is 0.458 e. The third kappa shape index (κ3) is 13.6. The molecule has 0 amide bonds. The number of benzene rings is 1. The van der Waals surface area contributed by atoms with Crippen molar-refractivity contribution in [2.24, 2.45) is 0 Å². The molecular weight excluding hydrogens is 480 g/mol. The molecule has 0 aliphatic rings. The summed E-state index contributed by atoms with van der Waals surface area (Å²) < 4.78 is 42.9. The first-order valence-corrected chi connectivity index (χ1v) is 14.5. The van der Waals surface area contributed by atoms with Crippen LogP contribution in [0.3, 0.4) is 0 Å². The van der Waals surface area contributed by atoms with Crippen molar-refractivity contribution in [3.05, 3.63) is 53.6 Å². The number of unbranched alkanes of at least 4 members (excludes halogenated alkanes) is 10. The van der Waals surface area contributed by atoms with Crippen LogP contribution in [0.5, 0.6) is 0 Å². The van der Waals surface area contributed by atoms with Gasteiger partial charge in [0.2, 0.25) is 0 Å². The molecule has 0 aromatic heterocycles. The van der Waals surface area contributed by atoms with Gasteiger partial charge in [-0.25, -0.2) is 9.59 Å². The number of hydrogen-bond acceptors (Lipinski definition) is 6. The minimum Gasteiger partial charge on any atom is -0.458 e. The molecule has 202 valence electrons. The highest BCUT2D eigenvalue weighted by Crippen LogP contribution is 2.19. The van der Waals surface area contributed by atoms with Crippen LogP contribution in [0.1, 0.15) is 112 Å². The lowest BCUT2D eigenvalue weighted by Gasteiger charge is -2.10. The molecule has 1 aromatic carbocycles. The monoisotopic (exact) mass is 522 g/mol. The molecule has 0 fully saturated rings. The molecule has 0 unspecified atom stereocenters. The van der Waals surface area contributed by atoms with E-state index < -0.39 is 27.0 Å². The molecule has 0 bridgehead atoms. The van der Waals surface area contributed by atoms with E-state index in [1.54, 1.807) is 12.2 Å². The molecule has 0 aliphatic heterocycles. The van der Waals surface area contributed by atoms with Crippen LogP contribution in [-0.2, 0) is 19.6 Å². The zero-order valence-electron chi connectivity index (χ0n) is 21.7. The van der Waals surface area contributed by atoms with Crippen molar-refractivity contribution in [1.29, 1.82) is 0 Å². The molecule has 36 heavy (non-hydrogen) atoms. The second-order valence-electron chi connectivity index (χ2n) is 8.73. The van der Waals surface area contributed by atoms with E-state index in [2.05, 4.69) is 13.8 Å². The summed E-state index contributed by atoms with van der Waals surface area (Å²) >= 11 is 0. The summed E-state index contributed by atoms with van der Waals surface area (Å²) in [6.07, 6.45) is 20.8. The maximum Gasteiger partial charge on any atom is 0.339 e. The van der Waals surface area contributed by atoms with Crippen molar-refractivity contribution in [3.63, 3.8) is 0 Å². The number of hydrogen-bond donors (Lipinski definition) is 1. The number of esters is 2. The van der Waals surface area contributed by atoms with Crippen LogP contribution in [0.4, 0.5) is 0 Å². The normalized spacial score (nSPS) is 11.9. The maximum absolute atomic E-state index is 12.6. The standard InChI is InChI=1S/C28H42O7S/c1-3-5-7-9-11-13-15-17-21-34-27(29)25-20-19-24(36(31,32)33)23-26(25)28(30)35-22-18-16-14-12-10-8-6-4-2/h15-20,23H,3-14,21-22H2,1-2H3,(H,31,32,33)/b17-15+,18-16+. The zero-order chi connectivity index (χ0) is 26.7. The van der Waals surface area contributed by atoms with Crippen molar-refractivity contribution < 1.29 is 32.0 Å². The van der Waals surface area contributed by atoms with E-state index in [0.29, 0.717) is 0 Å². The molecule has 0 saturated heterocycles. The van der Waals surface area contributed by atoms with E-state index in [4.69, 9.17) is 9.47 Å². The third-order valence-electron chi connectivity index (χ3n) is 5.63. The van der Waals surface area contributed by atoms with E-state index in [1.807, 2.05) is 12.2 Å². The molecule has 0 atom stereocenters. The number of allylic oxidation sites excluding steroid dienone is 2. The number of carbonyl (C=O) groups excluding carboxylic acids is 2. The number of carbonyl (C=O) groups is 2. The fourth-order valence-electron chi connectivity index (χ4n) is 3.54. The van der Waals surface area contributed by atoms with Crippen molar-refractivity contribution in [3.8, 4) is 0 Å². The van der Waals surface area contributed by atoms with Gasteiger partial charge in [0.15, 0.2) is 0 Å². The predicted molar refractivity (Wildman–Crippen MR) is 142 cm³/mol. The summed E-state index contributed by atoms with van der Waals surface area (Å²) in [6, 6.07) is 3.12. The van der Waals surface area contributed by atoms with Crippen LogP contribution in [0.2, 0.25) is 0 Å². The lowest BCUT2D eigenvalue weighted by atomic mass is 10.1. The fourth-order valence-corrected chi connectivity index (χ4v) is 4.04. The Morgan fingerprint density at radius 1 is 0.722 bits per heavy atom. The highest BCUT2D eigenvalue weighted by Gasteiger charge is 2.23. The number of rotatable bonds is 19. The molecule has 0 aliphatic carbocycles. The van der Waals surface area contributed by atoms with E-state index >= 15 is 0 Å². The van der Waals surface area contributed by atoms with E-state index in [9.17, 15) is 22.6 Å². The minimum absolute atomic E-state index is 0.0145. The molecule has 0 saturated carbocycles.